The maximum Gasteiger partial charge on any atom is 0.164 e. The Kier molecular flexibility index (Phi) is 7.10. The predicted molar refractivity (Wildman–Crippen MR) is 236 cm³/mol. The van der Waals surface area contributed by atoms with Crippen molar-refractivity contribution in [2.75, 3.05) is 4.90 Å². The molecule has 5 aliphatic carbocycles. The lowest BCUT2D eigenvalue weighted by molar-refractivity contribution is -0.0399. The van der Waals surface area contributed by atoms with Gasteiger partial charge in [-0.15, -0.1) is 0 Å². The van der Waals surface area contributed by atoms with Crippen LogP contribution in [0, 0.1) is 23.7 Å². The van der Waals surface area contributed by atoms with E-state index in [1.54, 1.807) is 5.56 Å². The smallest absolute Gasteiger partial charge is 0.164 e. The van der Waals surface area contributed by atoms with Crippen molar-refractivity contribution < 1.29 is 0 Å². The summed E-state index contributed by atoms with van der Waals surface area (Å²) in [5, 5.41) is 2.71. The van der Waals surface area contributed by atoms with Gasteiger partial charge in [-0.2, -0.15) is 0 Å². The number of fused-ring (bicyclic) bond motifs is 7. The number of para-hydroxylation sites is 2. The lowest BCUT2D eigenvalue weighted by Crippen LogP contribution is -2.55. The molecule has 0 radical (unpaired) electrons. The fourth-order valence-corrected chi connectivity index (χ4v) is 13.3. The highest BCUT2D eigenvalue weighted by Crippen LogP contribution is 2.70. The number of aromatic nitrogens is 3. The molecule has 4 fully saturated rings. The fraction of sp³-hybridized carbons (Fsp3) is 0.189. The highest BCUT2D eigenvalue weighted by atomic mass is 32.2. The van der Waals surface area contributed by atoms with Crippen LogP contribution in [0.1, 0.15) is 43.2 Å². The Balaban J connectivity index is 0.962. The second-order valence-electron chi connectivity index (χ2n) is 17.2. The van der Waals surface area contributed by atoms with E-state index in [9.17, 15) is 0 Å². The molecule has 4 bridgehead atoms. The molecule has 8 aromatic rings. The number of benzene rings is 7. The van der Waals surface area contributed by atoms with E-state index >= 15 is 0 Å². The summed E-state index contributed by atoms with van der Waals surface area (Å²) in [6.07, 6.45) is 6.83. The Hall–Kier alpha value is -6.04. The van der Waals surface area contributed by atoms with Crippen LogP contribution >= 0.6 is 11.8 Å². The normalized spacial score (nSPS) is 23.1. The van der Waals surface area contributed by atoms with Gasteiger partial charge in [-0.25, -0.2) is 15.0 Å². The van der Waals surface area contributed by atoms with Gasteiger partial charge in [0.25, 0.3) is 0 Å². The van der Waals surface area contributed by atoms with Gasteiger partial charge in [0, 0.05) is 37.6 Å². The molecule has 14 rings (SSSR count). The van der Waals surface area contributed by atoms with Crippen LogP contribution in [0.4, 0.5) is 17.1 Å². The van der Waals surface area contributed by atoms with Crippen LogP contribution in [-0.2, 0) is 5.41 Å². The number of rotatable bonds is 4. The molecule has 7 aromatic carbocycles. The molecule has 1 aromatic heterocycles. The minimum atomic E-state index is 0.0380. The van der Waals surface area contributed by atoms with Gasteiger partial charge in [0.15, 0.2) is 17.5 Å². The minimum absolute atomic E-state index is 0.0380. The molecule has 0 saturated heterocycles. The summed E-state index contributed by atoms with van der Waals surface area (Å²) in [6, 6.07) is 57.6. The molecule has 58 heavy (non-hydrogen) atoms. The molecule has 0 atom stereocenters. The second-order valence-corrected chi connectivity index (χ2v) is 18.3. The van der Waals surface area contributed by atoms with Gasteiger partial charge in [0.1, 0.15) is 0 Å². The van der Waals surface area contributed by atoms with Crippen molar-refractivity contribution in [2.24, 2.45) is 23.7 Å². The van der Waals surface area contributed by atoms with Gasteiger partial charge >= 0.3 is 0 Å². The predicted octanol–water partition coefficient (Wildman–Crippen LogP) is 13.7. The molecule has 1 aliphatic heterocycles. The molecule has 278 valence electrons. The van der Waals surface area contributed by atoms with Crippen LogP contribution in [0.2, 0.25) is 0 Å². The lowest BCUT2D eigenvalue weighted by Gasteiger charge is -2.61. The van der Waals surface area contributed by atoms with Gasteiger partial charge in [-0.3, -0.25) is 0 Å². The van der Waals surface area contributed by atoms with E-state index < -0.39 is 0 Å². The third-order valence-electron chi connectivity index (χ3n) is 14.3. The van der Waals surface area contributed by atoms with E-state index in [1.165, 1.54) is 80.7 Å². The van der Waals surface area contributed by atoms with E-state index in [1.807, 2.05) is 17.8 Å². The Morgan fingerprint density at radius 1 is 0.483 bits per heavy atom. The standard InChI is InChI=1S/C53H40N4S/c1-2-11-35(12-3-1)50-54-51(36-18-22-40(23-19-36)57-45-14-6-8-16-47(45)58-48-17-9-7-15-46(48)57)56-52(55-50)37-20-24-42-44(31-37)53(38-27-32-26-33(29-38)30-39(53)28-32)43-25-21-34-10-4-5-13-41(34)49(42)43/h1-25,31-33,38-39H,26-30H2. The Bertz CT molecular complexity index is 2880. The summed E-state index contributed by atoms with van der Waals surface area (Å²) >= 11 is 1.83. The summed E-state index contributed by atoms with van der Waals surface area (Å²) in [7, 11) is 0. The monoisotopic (exact) mass is 764 g/mol. The molecule has 1 spiro atoms. The molecule has 4 nitrogen and oxygen atoms in total. The van der Waals surface area contributed by atoms with Crippen LogP contribution in [0.25, 0.3) is 56.1 Å². The highest BCUT2D eigenvalue weighted by Gasteiger charge is 2.61. The minimum Gasteiger partial charge on any atom is -0.308 e. The highest BCUT2D eigenvalue weighted by molar-refractivity contribution is 7.99. The lowest BCUT2D eigenvalue weighted by atomic mass is 9.43. The quantitative estimate of drug-likeness (QED) is 0.179. The van der Waals surface area contributed by atoms with E-state index in [4.69, 9.17) is 15.0 Å². The number of hydrogen-bond donors (Lipinski definition) is 0. The van der Waals surface area contributed by atoms with Crippen LogP contribution in [-0.4, -0.2) is 15.0 Å². The van der Waals surface area contributed by atoms with Gasteiger partial charge in [0.05, 0.1) is 11.4 Å². The summed E-state index contributed by atoms with van der Waals surface area (Å²) in [4.78, 5) is 20.6. The first-order valence-electron chi connectivity index (χ1n) is 20.9. The zero-order valence-electron chi connectivity index (χ0n) is 32.1. The molecule has 6 aliphatic rings. The third-order valence-corrected chi connectivity index (χ3v) is 15.4. The van der Waals surface area contributed by atoms with Crippen molar-refractivity contribution in [3.05, 3.63) is 169 Å². The molecule has 0 amide bonds. The van der Waals surface area contributed by atoms with E-state index in [0.717, 1.165) is 40.0 Å². The topological polar surface area (TPSA) is 41.9 Å². The fourth-order valence-electron chi connectivity index (χ4n) is 12.2. The van der Waals surface area contributed by atoms with Crippen LogP contribution in [0.3, 0.4) is 0 Å². The van der Waals surface area contributed by atoms with Gasteiger partial charge in [-0.05, 0) is 143 Å². The van der Waals surface area contributed by atoms with Crippen molar-refractivity contribution in [1.82, 2.24) is 15.0 Å². The summed E-state index contributed by atoms with van der Waals surface area (Å²) < 4.78 is 0. The maximum absolute atomic E-state index is 5.32. The van der Waals surface area contributed by atoms with E-state index in [2.05, 4.69) is 157 Å². The van der Waals surface area contributed by atoms with Crippen molar-refractivity contribution >= 4 is 39.6 Å². The van der Waals surface area contributed by atoms with E-state index in [0.29, 0.717) is 23.5 Å². The molecule has 5 heteroatoms. The number of hydrogen-bond acceptors (Lipinski definition) is 5. The molecule has 0 N–H and O–H groups in total. The zero-order valence-corrected chi connectivity index (χ0v) is 32.9. The Labute approximate surface area is 343 Å². The molecule has 0 unspecified atom stereocenters. The third kappa shape index (κ3) is 4.74. The van der Waals surface area contributed by atoms with Crippen molar-refractivity contribution in [3.63, 3.8) is 0 Å². The Morgan fingerprint density at radius 3 is 1.74 bits per heavy atom. The van der Waals surface area contributed by atoms with Gasteiger partial charge in [-0.1, -0.05) is 115 Å². The second kappa shape index (κ2) is 12.5. The molecule has 2 heterocycles. The average molecular weight is 765 g/mol. The Morgan fingerprint density at radius 2 is 1.05 bits per heavy atom. The molecular weight excluding hydrogens is 725 g/mol. The first kappa shape index (κ1) is 33.0. The van der Waals surface area contributed by atoms with Crippen LogP contribution in [0.5, 0.6) is 0 Å². The van der Waals surface area contributed by atoms with E-state index in [-0.39, 0.29) is 5.41 Å². The first-order chi connectivity index (χ1) is 28.7. The zero-order chi connectivity index (χ0) is 38.0. The summed E-state index contributed by atoms with van der Waals surface area (Å²) in [5.41, 5.74) is 12.5. The maximum atomic E-state index is 5.32. The molecular formula is C53H40N4S. The number of nitrogens with zero attached hydrogens (tertiary/aromatic N) is 4. The first-order valence-corrected chi connectivity index (χ1v) is 21.8. The largest absolute Gasteiger partial charge is 0.308 e. The summed E-state index contributed by atoms with van der Waals surface area (Å²) in [6.45, 7) is 0. The summed E-state index contributed by atoms with van der Waals surface area (Å²) in [5.74, 6) is 5.22. The average Bonchev–Trinajstić information content (AvgIpc) is 3.58. The SMILES string of the molecule is c1ccc(-c2nc(-c3ccc(N4c5ccccc5Sc5ccccc54)cc3)nc(-c3ccc4c(c3)C3(c5ccc6ccccc6c5-4)C4CC5CC(C4)CC3C5)n2)cc1. The van der Waals surface area contributed by atoms with Crippen LogP contribution < -0.4 is 4.90 Å². The van der Waals surface area contributed by atoms with Gasteiger partial charge < -0.3 is 4.90 Å². The van der Waals surface area contributed by atoms with Crippen molar-refractivity contribution in [3.8, 4) is 45.3 Å². The van der Waals surface area contributed by atoms with Gasteiger partial charge in [0.2, 0.25) is 0 Å². The van der Waals surface area contributed by atoms with Crippen molar-refractivity contribution in [1.29, 1.82) is 0 Å². The molecule has 4 saturated carbocycles. The van der Waals surface area contributed by atoms with Crippen LogP contribution in [0.15, 0.2) is 168 Å². The van der Waals surface area contributed by atoms with Crippen molar-refractivity contribution in [2.45, 2.75) is 47.3 Å². The number of anilines is 3.